The van der Waals surface area contributed by atoms with Crippen molar-refractivity contribution in [2.24, 2.45) is 0 Å². The van der Waals surface area contributed by atoms with Gasteiger partial charge in [0.15, 0.2) is 0 Å². The van der Waals surface area contributed by atoms with Crippen LogP contribution in [-0.2, 0) is 43.1 Å². The van der Waals surface area contributed by atoms with Crippen LogP contribution in [0.1, 0.15) is 534 Å². The molecule has 0 fully saturated rings. The number of ether oxygens (including phenoxy) is 2. The second-order valence-corrected chi connectivity index (χ2v) is 34.5. The van der Waals surface area contributed by atoms with Gasteiger partial charge >= 0.3 is 11.9 Å². The topological polar surface area (TPSA) is 93.1 Å². The molecule has 2 aromatic carbocycles. The van der Waals surface area contributed by atoms with Crippen molar-refractivity contribution in [1.82, 2.24) is 0 Å². The Bertz CT molecular complexity index is 2010. The largest absolute Gasteiger partial charge is 0.460 e. The average Bonchev–Trinajstić information content (AvgIpc) is 0.775. The lowest BCUT2D eigenvalue weighted by atomic mass is 9.63. The van der Waals surface area contributed by atoms with Crippen LogP contribution in [0.5, 0.6) is 0 Å². The minimum absolute atomic E-state index is 0.0515. The van der Waals surface area contributed by atoms with E-state index in [9.17, 15) is 19.8 Å². The Morgan fingerprint density at radius 3 is 0.610 bits per heavy atom. The normalized spacial score (nSPS) is 13.2. The van der Waals surface area contributed by atoms with Crippen molar-refractivity contribution >= 4 is 11.9 Å². The molecule has 0 saturated carbocycles. The van der Waals surface area contributed by atoms with E-state index in [1.807, 2.05) is 24.3 Å². The molecule has 0 amide bonds. The number of benzene rings is 2. The highest BCUT2D eigenvalue weighted by molar-refractivity contribution is 5.91. The van der Waals surface area contributed by atoms with Crippen LogP contribution in [0.3, 0.4) is 0 Å². The van der Waals surface area contributed by atoms with Crippen molar-refractivity contribution in [3.05, 3.63) is 70.8 Å². The number of esters is 2. The van der Waals surface area contributed by atoms with Crippen molar-refractivity contribution < 1.29 is 29.3 Å². The van der Waals surface area contributed by atoms with E-state index in [1.165, 1.54) is 360 Å². The van der Waals surface area contributed by atoms with Gasteiger partial charge in [0.25, 0.3) is 0 Å². The number of carbonyl (C=O) groups is 2. The Kier molecular flexibility index (Phi) is 63.8. The minimum atomic E-state index is -0.862. The van der Waals surface area contributed by atoms with Gasteiger partial charge in [-0.1, -0.05) is 515 Å². The zero-order valence-corrected chi connectivity index (χ0v) is 71.8. The van der Waals surface area contributed by atoms with Crippen LogP contribution in [-0.4, -0.2) is 33.4 Å². The molecule has 612 valence electrons. The number of carbonyl (C=O) groups excluding carboxylic acids is 2. The molecular weight excluding hydrogens is 1290 g/mol. The molecular formula is C99H180O6. The number of aliphatic hydroxyl groups is 2. The molecule has 0 radical (unpaired) electrons. The molecule has 2 rings (SSSR count). The molecule has 2 aromatic rings. The lowest BCUT2D eigenvalue weighted by Gasteiger charge is -2.46. The van der Waals surface area contributed by atoms with Gasteiger partial charge in [-0.15, -0.1) is 0 Å². The Morgan fingerprint density at radius 1 is 0.267 bits per heavy atom. The predicted molar refractivity (Wildman–Crippen MR) is 459 cm³/mol. The maximum atomic E-state index is 13.4. The first kappa shape index (κ1) is 98.4. The van der Waals surface area contributed by atoms with Gasteiger partial charge in [-0.2, -0.15) is 0 Å². The summed E-state index contributed by atoms with van der Waals surface area (Å²) in [7, 11) is 0. The van der Waals surface area contributed by atoms with Crippen LogP contribution in [0.25, 0.3) is 0 Å². The quantitative estimate of drug-likeness (QED) is 0.0389. The fraction of sp³-hybridized carbons (Fsp3) is 0.859. The summed E-state index contributed by atoms with van der Waals surface area (Å²) in [4.78, 5) is 26.9. The number of hydrogen-bond acceptors (Lipinski definition) is 6. The van der Waals surface area contributed by atoms with E-state index in [1.54, 1.807) is 0 Å². The first-order chi connectivity index (χ1) is 51.3. The second-order valence-electron chi connectivity index (χ2n) is 34.5. The molecule has 2 atom stereocenters. The van der Waals surface area contributed by atoms with Crippen LogP contribution < -0.4 is 0 Å². The highest BCUT2D eigenvalue weighted by Crippen LogP contribution is 2.47. The molecule has 0 spiro atoms. The van der Waals surface area contributed by atoms with Gasteiger partial charge in [-0.05, 0) is 60.8 Å². The Hall–Kier alpha value is -2.70. The second kappa shape index (κ2) is 68.1. The third-order valence-corrected chi connectivity index (χ3v) is 25.5. The molecule has 0 aliphatic carbocycles. The van der Waals surface area contributed by atoms with Crippen LogP contribution in [0.4, 0.5) is 0 Å². The van der Waals surface area contributed by atoms with Gasteiger partial charge in [0, 0.05) is 10.8 Å². The summed E-state index contributed by atoms with van der Waals surface area (Å²) in [6, 6.07) is 16.7. The van der Waals surface area contributed by atoms with Crippen molar-refractivity contribution in [2.75, 3.05) is 0 Å². The molecule has 105 heavy (non-hydrogen) atoms. The fourth-order valence-electron chi connectivity index (χ4n) is 17.4. The molecule has 2 unspecified atom stereocenters. The number of unbranched alkanes of at least 4 members (excludes halogenated alkanes) is 60. The first-order valence-corrected chi connectivity index (χ1v) is 47.3. The standard InChI is InChI=1S/C99H180O6/c1-9-15-19-23-27-31-35-39-43-47-51-55-59-63-67-71-81-98(102,82-72-68-64-60-56-52-48-44-40-36-32-28-24-20-16-10-2)96(7,13-5)92-79-75-77-90(85-92)88-104-94(100)87-95(101)105-89-91-78-76-80-93(86-91)97(8,14-6)99(103,83-73-69-65-61-57-53-49-45-41-37-33-29-25-21-17-11-3)84-74-70-66-62-58-54-50-46-42-38-34-30-26-22-18-12-4/h75-80,85-86,102-103H,9-74,81-84,87-89H2,1-8H3. The van der Waals surface area contributed by atoms with E-state index in [2.05, 4.69) is 79.7 Å². The summed E-state index contributed by atoms with van der Waals surface area (Å²) in [6.07, 6.45) is 89.7. The average molecular weight is 1470 g/mol. The molecule has 0 aliphatic heterocycles. The predicted octanol–water partition coefficient (Wildman–Crippen LogP) is 32.3. The summed E-state index contributed by atoms with van der Waals surface area (Å²) in [5.74, 6) is -1.21. The zero-order chi connectivity index (χ0) is 76.2. The maximum absolute atomic E-state index is 13.4. The van der Waals surface area contributed by atoms with Crippen molar-refractivity contribution in [3.63, 3.8) is 0 Å². The molecule has 0 aromatic heterocycles. The van der Waals surface area contributed by atoms with E-state index >= 15 is 0 Å². The van der Waals surface area contributed by atoms with Crippen LogP contribution in [0, 0.1) is 0 Å². The van der Waals surface area contributed by atoms with Crippen LogP contribution >= 0.6 is 0 Å². The van der Waals surface area contributed by atoms with Crippen molar-refractivity contribution in [3.8, 4) is 0 Å². The number of hydrogen-bond donors (Lipinski definition) is 2. The number of rotatable bonds is 80. The molecule has 0 bridgehead atoms. The first-order valence-electron chi connectivity index (χ1n) is 47.3. The molecule has 0 saturated heterocycles. The fourth-order valence-corrected chi connectivity index (χ4v) is 17.4. The summed E-state index contributed by atoms with van der Waals surface area (Å²) in [5.41, 5.74) is 1.22. The van der Waals surface area contributed by atoms with E-state index in [4.69, 9.17) is 9.47 Å². The highest BCUT2D eigenvalue weighted by Gasteiger charge is 2.47. The van der Waals surface area contributed by atoms with Gasteiger partial charge in [0.2, 0.25) is 0 Å². The lowest BCUT2D eigenvalue weighted by Crippen LogP contribution is -2.49. The third-order valence-electron chi connectivity index (χ3n) is 25.5. The third kappa shape index (κ3) is 48.6. The van der Waals surface area contributed by atoms with Crippen molar-refractivity contribution in [1.29, 1.82) is 0 Å². The van der Waals surface area contributed by atoms with Gasteiger partial charge in [0.1, 0.15) is 19.6 Å². The van der Waals surface area contributed by atoms with Gasteiger partial charge in [-0.25, -0.2) is 0 Å². The summed E-state index contributed by atoms with van der Waals surface area (Å²) < 4.78 is 11.7. The monoisotopic (exact) mass is 1470 g/mol. The smallest absolute Gasteiger partial charge is 0.317 e. The molecule has 6 nitrogen and oxygen atoms in total. The summed E-state index contributed by atoms with van der Waals surface area (Å²) >= 11 is 0. The van der Waals surface area contributed by atoms with Gasteiger partial charge in [-0.3, -0.25) is 9.59 Å². The highest BCUT2D eigenvalue weighted by atomic mass is 16.6. The minimum Gasteiger partial charge on any atom is -0.460 e. The summed E-state index contributed by atoms with van der Waals surface area (Å²) in [5, 5.41) is 26.3. The maximum Gasteiger partial charge on any atom is 0.317 e. The van der Waals surface area contributed by atoms with E-state index in [0.717, 1.165) is 112 Å². The van der Waals surface area contributed by atoms with Crippen LogP contribution in [0.15, 0.2) is 48.5 Å². The molecule has 6 heteroatoms. The summed E-state index contributed by atoms with van der Waals surface area (Å²) in [6.45, 7) is 18.3. The molecule has 0 aliphatic rings. The van der Waals surface area contributed by atoms with Gasteiger partial charge in [0.05, 0.1) is 11.2 Å². The van der Waals surface area contributed by atoms with E-state index < -0.39 is 40.4 Å². The van der Waals surface area contributed by atoms with Crippen LogP contribution in [0.2, 0.25) is 0 Å². The molecule has 0 heterocycles. The SMILES string of the molecule is CCCCCCCCCCCCCCCCCCC(O)(CCCCCCCCCCCCCCCCCC)C(C)(CC)c1cccc(COC(=O)CC(=O)OCc2cccc(C(C)(CC)C(O)(CCCCCCCCCCCCCCCCCC)CCCCCCCCCCCCCCCCCC)c2)c1. The Balaban J connectivity index is 2.05. The van der Waals surface area contributed by atoms with E-state index in [-0.39, 0.29) is 13.2 Å². The lowest BCUT2D eigenvalue weighted by molar-refractivity contribution is -0.156. The Morgan fingerprint density at radius 2 is 0.438 bits per heavy atom. The zero-order valence-electron chi connectivity index (χ0n) is 71.8. The Labute approximate surface area is 654 Å². The molecule has 2 N–H and O–H groups in total. The van der Waals surface area contributed by atoms with E-state index in [0.29, 0.717) is 0 Å². The van der Waals surface area contributed by atoms with Gasteiger partial charge < -0.3 is 19.7 Å². The van der Waals surface area contributed by atoms with Crippen molar-refractivity contribution in [2.45, 2.75) is 547 Å².